The number of nitrogens with zero attached hydrogens (tertiary/aromatic N) is 2. The summed E-state index contributed by atoms with van der Waals surface area (Å²) in [6.07, 6.45) is 1.37. The van der Waals surface area contributed by atoms with Crippen molar-refractivity contribution in [1.29, 1.82) is 0 Å². The summed E-state index contributed by atoms with van der Waals surface area (Å²) in [5, 5.41) is 6.06. The van der Waals surface area contributed by atoms with E-state index in [2.05, 4.69) is 29.5 Å². The second-order valence-electron chi connectivity index (χ2n) is 7.46. The Balaban J connectivity index is 1.55. The molecule has 1 amide bonds. The van der Waals surface area contributed by atoms with Gasteiger partial charge in [0.15, 0.2) is 0 Å². The Labute approximate surface area is 162 Å². The molecule has 3 unspecified atom stereocenters. The van der Waals surface area contributed by atoms with Crippen molar-refractivity contribution in [2.75, 3.05) is 23.3 Å². The molecule has 3 atom stereocenters. The van der Waals surface area contributed by atoms with Gasteiger partial charge in [0.2, 0.25) is 5.91 Å². The normalized spacial score (nSPS) is 24.5. The highest BCUT2D eigenvalue weighted by molar-refractivity contribution is 6.12. The first-order chi connectivity index (χ1) is 13.4. The van der Waals surface area contributed by atoms with Gasteiger partial charge in [0.05, 0.1) is 11.4 Å². The topological polar surface area (TPSA) is 56.7 Å². The first-order valence-corrected chi connectivity index (χ1v) is 9.36. The Morgan fingerprint density at radius 3 is 2.57 bits per heavy atom. The lowest BCUT2D eigenvalue weighted by atomic mass is 10.0. The average molecular weight is 384 g/mol. The number of halogens is 2. The summed E-state index contributed by atoms with van der Waals surface area (Å²) in [4.78, 5) is 18.4. The van der Waals surface area contributed by atoms with Crippen LogP contribution in [0.3, 0.4) is 0 Å². The Morgan fingerprint density at radius 2 is 1.86 bits per heavy atom. The van der Waals surface area contributed by atoms with E-state index in [1.54, 1.807) is 24.3 Å². The van der Waals surface area contributed by atoms with E-state index in [0.29, 0.717) is 17.1 Å². The van der Waals surface area contributed by atoms with Crippen molar-refractivity contribution >= 4 is 29.2 Å². The fraction of sp³-hybridized carbons (Fsp3) is 0.333. The van der Waals surface area contributed by atoms with Gasteiger partial charge >= 0.3 is 0 Å². The van der Waals surface area contributed by atoms with E-state index in [1.807, 2.05) is 4.90 Å². The fourth-order valence-electron chi connectivity index (χ4n) is 3.96. The van der Waals surface area contributed by atoms with E-state index in [-0.39, 0.29) is 29.4 Å². The number of amides is 1. The maximum absolute atomic E-state index is 14.7. The van der Waals surface area contributed by atoms with Crippen LogP contribution < -0.4 is 15.5 Å². The van der Waals surface area contributed by atoms with E-state index >= 15 is 0 Å². The summed E-state index contributed by atoms with van der Waals surface area (Å²) >= 11 is 0. The molecule has 2 aromatic rings. The Morgan fingerprint density at radius 1 is 1.11 bits per heavy atom. The number of benzene rings is 2. The molecule has 28 heavy (non-hydrogen) atoms. The molecule has 1 fully saturated rings. The van der Waals surface area contributed by atoms with Crippen LogP contribution >= 0.6 is 0 Å². The minimum atomic E-state index is -0.825. The molecule has 0 spiro atoms. The van der Waals surface area contributed by atoms with Crippen LogP contribution in [0.25, 0.3) is 0 Å². The quantitative estimate of drug-likeness (QED) is 0.796. The van der Waals surface area contributed by atoms with Gasteiger partial charge in [-0.3, -0.25) is 9.79 Å². The lowest BCUT2D eigenvalue weighted by Crippen LogP contribution is -2.54. The molecule has 0 aromatic heterocycles. The van der Waals surface area contributed by atoms with Crippen LogP contribution in [0.4, 0.5) is 25.8 Å². The molecule has 1 saturated heterocycles. The van der Waals surface area contributed by atoms with E-state index in [1.165, 1.54) is 18.3 Å². The number of fused-ring (bicyclic) bond motifs is 1. The van der Waals surface area contributed by atoms with Crippen molar-refractivity contribution in [3.63, 3.8) is 0 Å². The first kappa shape index (κ1) is 18.6. The predicted molar refractivity (Wildman–Crippen MR) is 107 cm³/mol. The predicted octanol–water partition coefficient (Wildman–Crippen LogP) is 3.59. The number of hydrogen-bond acceptors (Lipinski definition) is 4. The summed E-state index contributed by atoms with van der Waals surface area (Å²) in [7, 11) is 0. The molecule has 2 N–H and O–H groups in total. The zero-order chi connectivity index (χ0) is 19.8. The Bertz CT molecular complexity index is 936. The summed E-state index contributed by atoms with van der Waals surface area (Å²) in [5.41, 5.74) is 1.64. The molecule has 2 aromatic carbocycles. The zero-order valence-corrected chi connectivity index (χ0v) is 15.7. The largest absolute Gasteiger partial charge is 0.366 e. The second-order valence-corrected chi connectivity index (χ2v) is 7.46. The summed E-state index contributed by atoms with van der Waals surface area (Å²) in [6, 6.07) is 9.81. The molecule has 5 nitrogen and oxygen atoms in total. The summed E-state index contributed by atoms with van der Waals surface area (Å²) in [5.74, 6) is -1.99. The third-order valence-electron chi connectivity index (χ3n) is 5.11. The molecule has 0 radical (unpaired) electrons. The molecule has 0 bridgehead atoms. The number of carbonyl (C=O) groups is 1. The van der Waals surface area contributed by atoms with E-state index in [0.717, 1.165) is 13.1 Å². The monoisotopic (exact) mass is 384 g/mol. The maximum atomic E-state index is 14.7. The highest BCUT2D eigenvalue weighted by atomic mass is 19.1. The maximum Gasteiger partial charge on any atom is 0.237 e. The fourth-order valence-corrected chi connectivity index (χ4v) is 3.96. The highest BCUT2D eigenvalue weighted by Crippen LogP contribution is 2.34. The van der Waals surface area contributed by atoms with Gasteiger partial charge in [-0.05, 0) is 38.1 Å². The average Bonchev–Trinajstić information content (AvgIpc) is 2.95. The molecule has 146 valence electrons. The number of carbonyl (C=O) groups excluding carboxylic acids is 1. The van der Waals surface area contributed by atoms with Gasteiger partial charge in [-0.25, -0.2) is 8.78 Å². The Kier molecular flexibility index (Phi) is 4.85. The molecule has 2 aliphatic rings. The second kappa shape index (κ2) is 7.31. The van der Waals surface area contributed by atoms with Crippen LogP contribution in [0.2, 0.25) is 0 Å². The van der Waals surface area contributed by atoms with Gasteiger partial charge in [-0.15, -0.1) is 0 Å². The molecule has 0 aliphatic carbocycles. The summed E-state index contributed by atoms with van der Waals surface area (Å²) in [6.45, 7) is 5.59. The van der Waals surface area contributed by atoms with Crippen molar-refractivity contribution in [2.24, 2.45) is 4.99 Å². The molecular formula is C21H22F2N4O. The summed E-state index contributed by atoms with van der Waals surface area (Å²) < 4.78 is 28.8. The first-order valence-electron chi connectivity index (χ1n) is 9.36. The third-order valence-corrected chi connectivity index (χ3v) is 5.11. The Hall–Kier alpha value is -2.80. The van der Waals surface area contributed by atoms with Gasteiger partial charge in [0, 0.05) is 48.7 Å². The third kappa shape index (κ3) is 3.49. The number of aliphatic imine (C=N–C) groups is 1. The minimum absolute atomic E-state index is 0.275. The van der Waals surface area contributed by atoms with Crippen LogP contribution in [-0.4, -0.2) is 37.3 Å². The number of anilines is 2. The molecular weight excluding hydrogens is 362 g/mol. The SMILES string of the molecule is CC1CN(c2ccc(N=CC3C(=O)Nc4cccc(F)c43)cc2F)CC(C)N1. The molecule has 4 rings (SSSR count). The smallest absolute Gasteiger partial charge is 0.237 e. The minimum Gasteiger partial charge on any atom is -0.366 e. The van der Waals surface area contributed by atoms with Gasteiger partial charge in [0.1, 0.15) is 17.6 Å². The van der Waals surface area contributed by atoms with Crippen molar-refractivity contribution in [3.05, 3.63) is 53.6 Å². The van der Waals surface area contributed by atoms with E-state index in [9.17, 15) is 13.6 Å². The van der Waals surface area contributed by atoms with E-state index < -0.39 is 11.7 Å². The van der Waals surface area contributed by atoms with Crippen molar-refractivity contribution in [2.45, 2.75) is 31.8 Å². The lowest BCUT2D eigenvalue weighted by Gasteiger charge is -2.37. The standard InChI is InChI=1S/C21H22F2N4O/c1-12-10-27(11-13(2)25-12)19-7-6-14(8-17(19)23)24-9-15-20-16(22)4-3-5-18(20)26-21(15)28/h3-9,12-13,15,25H,10-11H2,1-2H3,(H,26,28). The molecule has 7 heteroatoms. The molecule has 0 saturated carbocycles. The molecule has 2 heterocycles. The van der Waals surface area contributed by atoms with Crippen molar-refractivity contribution < 1.29 is 13.6 Å². The van der Waals surface area contributed by atoms with Gasteiger partial charge in [-0.1, -0.05) is 6.07 Å². The van der Waals surface area contributed by atoms with Gasteiger partial charge < -0.3 is 15.5 Å². The number of nitrogens with one attached hydrogen (secondary N) is 2. The van der Waals surface area contributed by atoms with Crippen molar-refractivity contribution in [3.8, 4) is 0 Å². The van der Waals surface area contributed by atoms with Crippen LogP contribution in [0.1, 0.15) is 25.3 Å². The highest BCUT2D eigenvalue weighted by Gasteiger charge is 2.32. The lowest BCUT2D eigenvalue weighted by molar-refractivity contribution is -0.115. The number of hydrogen-bond donors (Lipinski definition) is 2. The van der Waals surface area contributed by atoms with Crippen LogP contribution in [-0.2, 0) is 4.79 Å². The van der Waals surface area contributed by atoms with E-state index in [4.69, 9.17) is 0 Å². The zero-order valence-electron chi connectivity index (χ0n) is 15.7. The number of piperazine rings is 1. The number of rotatable bonds is 3. The van der Waals surface area contributed by atoms with Crippen LogP contribution in [0, 0.1) is 11.6 Å². The van der Waals surface area contributed by atoms with Crippen LogP contribution in [0.5, 0.6) is 0 Å². The van der Waals surface area contributed by atoms with Gasteiger partial charge in [-0.2, -0.15) is 0 Å². The molecule has 2 aliphatic heterocycles. The van der Waals surface area contributed by atoms with Crippen LogP contribution in [0.15, 0.2) is 41.4 Å². The van der Waals surface area contributed by atoms with Gasteiger partial charge in [0.25, 0.3) is 0 Å². The van der Waals surface area contributed by atoms with Crippen molar-refractivity contribution in [1.82, 2.24) is 5.32 Å².